The van der Waals surface area contributed by atoms with E-state index in [0.29, 0.717) is 26.4 Å². The lowest BCUT2D eigenvalue weighted by atomic mass is 10.1. The number of hydrogen-bond acceptors (Lipinski definition) is 4. The Morgan fingerprint density at radius 2 is 2.00 bits per heavy atom. The van der Waals surface area contributed by atoms with Gasteiger partial charge in [0.1, 0.15) is 11.6 Å². The number of nitrogens with one attached hydrogen (secondary N) is 1. The molecule has 21 heavy (non-hydrogen) atoms. The molecule has 1 rings (SSSR count). The van der Waals surface area contributed by atoms with E-state index in [9.17, 15) is 4.39 Å². The van der Waals surface area contributed by atoms with E-state index in [2.05, 4.69) is 5.32 Å². The lowest BCUT2D eigenvalue weighted by molar-refractivity contribution is 0.0643. The predicted molar refractivity (Wildman–Crippen MR) is 81.3 cm³/mol. The maximum Gasteiger partial charge on any atom is 0.124 e. The van der Waals surface area contributed by atoms with Crippen LogP contribution in [0.15, 0.2) is 18.2 Å². The van der Waals surface area contributed by atoms with Crippen LogP contribution in [0.5, 0.6) is 5.75 Å². The van der Waals surface area contributed by atoms with Gasteiger partial charge in [0.15, 0.2) is 0 Å². The molecule has 0 fully saturated rings. The Kier molecular flexibility index (Phi) is 8.98. The summed E-state index contributed by atoms with van der Waals surface area (Å²) in [4.78, 5) is 0. The fraction of sp³-hybridized carbons (Fsp3) is 0.625. The summed E-state index contributed by atoms with van der Waals surface area (Å²) < 4.78 is 29.4. The van der Waals surface area contributed by atoms with Crippen LogP contribution in [0.3, 0.4) is 0 Å². The van der Waals surface area contributed by atoms with Crippen LogP contribution in [0.4, 0.5) is 4.39 Å². The summed E-state index contributed by atoms with van der Waals surface area (Å²) in [6.45, 7) is 7.21. The van der Waals surface area contributed by atoms with E-state index in [0.717, 1.165) is 24.3 Å². The highest BCUT2D eigenvalue weighted by atomic mass is 19.1. The maximum atomic E-state index is 13.4. The monoisotopic (exact) mass is 299 g/mol. The lowest BCUT2D eigenvalue weighted by Crippen LogP contribution is -2.19. The quantitative estimate of drug-likeness (QED) is 0.638. The Hall–Kier alpha value is -1.17. The molecule has 4 nitrogen and oxygen atoms in total. The molecule has 0 saturated carbocycles. The van der Waals surface area contributed by atoms with Crippen LogP contribution >= 0.6 is 0 Å². The first kappa shape index (κ1) is 17.9. The topological polar surface area (TPSA) is 39.7 Å². The molecule has 0 heterocycles. The van der Waals surface area contributed by atoms with Crippen LogP contribution in [0.25, 0.3) is 0 Å². The first-order valence-electron chi connectivity index (χ1n) is 7.41. The number of benzene rings is 1. The largest absolute Gasteiger partial charge is 0.493 e. The normalized spacial score (nSPS) is 12.4. The van der Waals surface area contributed by atoms with Crippen molar-refractivity contribution in [3.8, 4) is 5.75 Å². The van der Waals surface area contributed by atoms with E-state index in [1.807, 2.05) is 13.8 Å². The Bertz CT molecular complexity index is 401. The molecule has 0 aliphatic heterocycles. The third-order valence-corrected chi connectivity index (χ3v) is 3.07. The summed E-state index contributed by atoms with van der Waals surface area (Å²) in [7, 11) is 1.65. The van der Waals surface area contributed by atoms with Gasteiger partial charge in [-0.2, -0.15) is 0 Å². The molecule has 0 aliphatic rings. The molecule has 5 heteroatoms. The van der Waals surface area contributed by atoms with E-state index >= 15 is 0 Å². The fourth-order valence-corrected chi connectivity index (χ4v) is 1.99. The summed E-state index contributed by atoms with van der Waals surface area (Å²) in [5.41, 5.74) is 0.845. The molecule has 0 bridgehead atoms. The zero-order chi connectivity index (χ0) is 15.5. The minimum atomic E-state index is -0.245. The number of ether oxygens (including phenoxy) is 3. The van der Waals surface area contributed by atoms with E-state index < -0.39 is 0 Å². The van der Waals surface area contributed by atoms with Gasteiger partial charge in [-0.3, -0.25) is 0 Å². The van der Waals surface area contributed by atoms with Crippen molar-refractivity contribution in [3.05, 3.63) is 29.6 Å². The van der Waals surface area contributed by atoms with Gasteiger partial charge in [0, 0.05) is 31.7 Å². The second-order valence-electron chi connectivity index (χ2n) is 4.77. The van der Waals surface area contributed by atoms with E-state index in [4.69, 9.17) is 14.2 Å². The van der Waals surface area contributed by atoms with Crippen molar-refractivity contribution in [1.29, 1.82) is 0 Å². The predicted octanol–water partition coefficient (Wildman–Crippen LogP) is 2.93. The molecule has 0 amide bonds. The third kappa shape index (κ3) is 6.89. The van der Waals surface area contributed by atoms with Gasteiger partial charge in [0.25, 0.3) is 0 Å². The molecule has 0 spiro atoms. The lowest BCUT2D eigenvalue weighted by Gasteiger charge is -2.18. The molecule has 1 unspecified atom stereocenters. The van der Waals surface area contributed by atoms with Crippen LogP contribution in [-0.4, -0.2) is 40.1 Å². The smallest absolute Gasteiger partial charge is 0.124 e. The fourth-order valence-electron chi connectivity index (χ4n) is 1.99. The van der Waals surface area contributed by atoms with Gasteiger partial charge >= 0.3 is 0 Å². The molecular formula is C16H26FNO3. The summed E-state index contributed by atoms with van der Waals surface area (Å²) >= 11 is 0. The zero-order valence-electron chi connectivity index (χ0n) is 13.2. The number of halogens is 1. The van der Waals surface area contributed by atoms with Crippen molar-refractivity contribution in [3.63, 3.8) is 0 Å². The SMILES string of the molecule is CCNC(C)c1cc(F)ccc1OCCCOCCOC. The Balaban J connectivity index is 2.43. The highest BCUT2D eigenvalue weighted by molar-refractivity contribution is 5.36. The van der Waals surface area contributed by atoms with Crippen molar-refractivity contribution in [1.82, 2.24) is 5.32 Å². The van der Waals surface area contributed by atoms with Gasteiger partial charge in [0.2, 0.25) is 0 Å². The number of rotatable bonds is 11. The molecule has 1 atom stereocenters. The van der Waals surface area contributed by atoms with Crippen molar-refractivity contribution >= 4 is 0 Å². The van der Waals surface area contributed by atoms with E-state index in [1.165, 1.54) is 12.1 Å². The number of methoxy groups -OCH3 is 1. The maximum absolute atomic E-state index is 13.4. The summed E-state index contributed by atoms with van der Waals surface area (Å²) in [5, 5.41) is 3.27. The van der Waals surface area contributed by atoms with Crippen molar-refractivity contribution in [2.45, 2.75) is 26.3 Å². The van der Waals surface area contributed by atoms with E-state index in [-0.39, 0.29) is 11.9 Å². The molecule has 0 saturated heterocycles. The average Bonchev–Trinajstić information content (AvgIpc) is 2.47. The minimum Gasteiger partial charge on any atom is -0.493 e. The Labute approximate surface area is 126 Å². The molecule has 1 aromatic rings. The molecule has 1 aromatic carbocycles. The zero-order valence-corrected chi connectivity index (χ0v) is 13.2. The molecule has 0 radical (unpaired) electrons. The van der Waals surface area contributed by atoms with Crippen LogP contribution in [-0.2, 0) is 9.47 Å². The van der Waals surface area contributed by atoms with Gasteiger partial charge < -0.3 is 19.5 Å². The van der Waals surface area contributed by atoms with Crippen LogP contribution in [0, 0.1) is 5.82 Å². The molecule has 0 aliphatic carbocycles. The van der Waals surface area contributed by atoms with Gasteiger partial charge in [-0.05, 0) is 31.7 Å². The third-order valence-electron chi connectivity index (χ3n) is 3.07. The van der Waals surface area contributed by atoms with Gasteiger partial charge in [-0.1, -0.05) is 6.92 Å². The van der Waals surface area contributed by atoms with Crippen molar-refractivity contribution in [2.75, 3.05) is 40.1 Å². The first-order valence-corrected chi connectivity index (χ1v) is 7.41. The van der Waals surface area contributed by atoms with Gasteiger partial charge in [0.05, 0.1) is 19.8 Å². The number of hydrogen-bond donors (Lipinski definition) is 1. The summed E-state index contributed by atoms with van der Waals surface area (Å²) in [6, 6.07) is 4.69. The van der Waals surface area contributed by atoms with Crippen LogP contribution in [0.1, 0.15) is 31.9 Å². The second-order valence-corrected chi connectivity index (χ2v) is 4.77. The Morgan fingerprint density at radius 3 is 2.71 bits per heavy atom. The first-order chi connectivity index (χ1) is 10.2. The molecule has 0 aromatic heterocycles. The standard InChI is InChI=1S/C16H26FNO3/c1-4-18-13(2)15-12-14(17)6-7-16(15)21-9-5-8-20-11-10-19-3/h6-7,12-13,18H,4-5,8-11H2,1-3H3. The van der Waals surface area contributed by atoms with Crippen LogP contribution < -0.4 is 10.1 Å². The molecule has 120 valence electrons. The van der Waals surface area contributed by atoms with Crippen molar-refractivity contribution < 1.29 is 18.6 Å². The molecule has 1 N–H and O–H groups in total. The van der Waals surface area contributed by atoms with Crippen molar-refractivity contribution in [2.24, 2.45) is 0 Å². The highest BCUT2D eigenvalue weighted by Crippen LogP contribution is 2.26. The summed E-state index contributed by atoms with van der Waals surface area (Å²) in [6.07, 6.45) is 0.788. The van der Waals surface area contributed by atoms with E-state index in [1.54, 1.807) is 13.2 Å². The summed E-state index contributed by atoms with van der Waals surface area (Å²) in [5.74, 6) is 0.478. The molecular weight excluding hydrogens is 273 g/mol. The second kappa shape index (κ2) is 10.5. The Morgan fingerprint density at radius 1 is 1.19 bits per heavy atom. The highest BCUT2D eigenvalue weighted by Gasteiger charge is 2.12. The van der Waals surface area contributed by atoms with Gasteiger partial charge in [-0.15, -0.1) is 0 Å². The minimum absolute atomic E-state index is 0.0543. The average molecular weight is 299 g/mol. The van der Waals surface area contributed by atoms with Gasteiger partial charge in [-0.25, -0.2) is 4.39 Å². The van der Waals surface area contributed by atoms with Crippen LogP contribution in [0.2, 0.25) is 0 Å².